The molecule has 0 unspecified atom stereocenters. The van der Waals surface area contributed by atoms with E-state index in [-0.39, 0.29) is 12.3 Å². The Morgan fingerprint density at radius 1 is 1.19 bits per heavy atom. The molecule has 10 nitrogen and oxygen atoms in total. The Kier molecular flexibility index (Phi) is 6.64. The lowest BCUT2D eigenvalue weighted by atomic mass is 10.1. The van der Waals surface area contributed by atoms with Gasteiger partial charge >= 0.3 is 0 Å². The van der Waals surface area contributed by atoms with Crippen LogP contribution < -0.4 is 15.0 Å². The van der Waals surface area contributed by atoms with Crippen LogP contribution in [0, 0.1) is 11.3 Å². The fraction of sp³-hybridized carbons (Fsp3) is 0.231. The summed E-state index contributed by atoms with van der Waals surface area (Å²) in [7, 11) is 1.60. The standard InChI is InChI=1S/C26H23N7O3/c1-35-21-16-28-15-20-24(21)26(33-7-9-36-10-8-33)32-25(30-20)19-5-6-29-22(13-19)31-23(34)12-17-3-2-4-18(11-17)14-27/h2-6,11,13,15-16H,7-10,12H2,1H3,(H,29,31,34). The number of nitriles is 1. The molecule has 4 heterocycles. The van der Waals surface area contributed by atoms with E-state index < -0.39 is 0 Å². The van der Waals surface area contributed by atoms with E-state index in [0.717, 1.165) is 16.8 Å². The lowest BCUT2D eigenvalue weighted by Crippen LogP contribution is -2.37. The predicted molar refractivity (Wildman–Crippen MR) is 134 cm³/mol. The Bertz CT molecular complexity index is 1460. The highest BCUT2D eigenvalue weighted by Crippen LogP contribution is 2.34. The van der Waals surface area contributed by atoms with E-state index >= 15 is 0 Å². The molecular formula is C26H23N7O3. The second kappa shape index (κ2) is 10.3. The van der Waals surface area contributed by atoms with Gasteiger partial charge in [-0.3, -0.25) is 9.78 Å². The zero-order chi connectivity index (χ0) is 24.9. The van der Waals surface area contributed by atoms with Crippen molar-refractivity contribution in [2.75, 3.05) is 43.6 Å². The van der Waals surface area contributed by atoms with E-state index in [1.54, 1.807) is 56.0 Å². The van der Waals surface area contributed by atoms with Crippen LogP contribution in [0.5, 0.6) is 5.75 Å². The van der Waals surface area contributed by atoms with Crippen molar-refractivity contribution in [2.24, 2.45) is 0 Å². The minimum atomic E-state index is -0.239. The number of methoxy groups -OCH3 is 1. The molecule has 10 heteroatoms. The summed E-state index contributed by atoms with van der Waals surface area (Å²) in [5, 5.41) is 12.7. The zero-order valence-corrected chi connectivity index (χ0v) is 19.6. The number of ether oxygens (including phenoxy) is 2. The molecule has 5 rings (SSSR count). The van der Waals surface area contributed by atoms with Crippen molar-refractivity contribution in [3.63, 3.8) is 0 Å². The van der Waals surface area contributed by atoms with Crippen LogP contribution in [0.3, 0.4) is 0 Å². The largest absolute Gasteiger partial charge is 0.494 e. The molecule has 0 aliphatic carbocycles. The Morgan fingerprint density at radius 2 is 2.06 bits per heavy atom. The summed E-state index contributed by atoms with van der Waals surface area (Å²) in [5.74, 6) is 1.98. The normalized spacial score (nSPS) is 13.3. The highest BCUT2D eigenvalue weighted by atomic mass is 16.5. The maximum atomic E-state index is 12.6. The van der Waals surface area contributed by atoms with Gasteiger partial charge in [0.15, 0.2) is 5.82 Å². The Morgan fingerprint density at radius 3 is 2.86 bits per heavy atom. The molecule has 4 aromatic rings. The molecule has 180 valence electrons. The summed E-state index contributed by atoms with van der Waals surface area (Å²) in [4.78, 5) is 33.0. The van der Waals surface area contributed by atoms with Crippen molar-refractivity contribution >= 4 is 28.4 Å². The number of rotatable bonds is 6. The third-order valence-corrected chi connectivity index (χ3v) is 5.79. The summed E-state index contributed by atoms with van der Waals surface area (Å²) in [5.41, 5.74) is 2.61. The number of hydrogen-bond donors (Lipinski definition) is 1. The number of hydrogen-bond acceptors (Lipinski definition) is 9. The maximum absolute atomic E-state index is 12.6. The molecule has 0 spiro atoms. The van der Waals surface area contributed by atoms with Gasteiger partial charge in [-0.05, 0) is 29.8 Å². The Hall–Kier alpha value is -4.62. The molecule has 0 atom stereocenters. The van der Waals surface area contributed by atoms with E-state index in [9.17, 15) is 4.79 Å². The average molecular weight is 482 g/mol. The number of morpholine rings is 1. The first kappa shape index (κ1) is 23.1. The number of pyridine rings is 2. The van der Waals surface area contributed by atoms with Gasteiger partial charge in [0.2, 0.25) is 5.91 Å². The molecule has 1 saturated heterocycles. The predicted octanol–water partition coefficient (Wildman–Crippen LogP) is 2.98. The Balaban J connectivity index is 1.46. The summed E-state index contributed by atoms with van der Waals surface area (Å²) >= 11 is 0. The summed E-state index contributed by atoms with van der Waals surface area (Å²) in [6.45, 7) is 2.61. The monoisotopic (exact) mass is 481 g/mol. The zero-order valence-electron chi connectivity index (χ0n) is 19.6. The lowest BCUT2D eigenvalue weighted by Gasteiger charge is -2.29. The van der Waals surface area contributed by atoms with Crippen LogP contribution >= 0.6 is 0 Å². The number of fused-ring (bicyclic) bond motifs is 1. The molecule has 0 bridgehead atoms. The number of aromatic nitrogens is 4. The molecule has 0 saturated carbocycles. The summed E-state index contributed by atoms with van der Waals surface area (Å²) < 4.78 is 11.1. The van der Waals surface area contributed by atoms with Crippen LogP contribution in [0.2, 0.25) is 0 Å². The van der Waals surface area contributed by atoms with Crippen LogP contribution in [0.15, 0.2) is 55.0 Å². The lowest BCUT2D eigenvalue weighted by molar-refractivity contribution is -0.115. The first-order valence-corrected chi connectivity index (χ1v) is 11.4. The van der Waals surface area contributed by atoms with Gasteiger partial charge in [0.05, 0.1) is 61.7 Å². The molecule has 0 radical (unpaired) electrons. The van der Waals surface area contributed by atoms with Crippen molar-refractivity contribution in [3.05, 3.63) is 66.1 Å². The van der Waals surface area contributed by atoms with Gasteiger partial charge in [-0.25, -0.2) is 15.0 Å². The second-order valence-corrected chi connectivity index (χ2v) is 8.17. The average Bonchev–Trinajstić information content (AvgIpc) is 2.92. The number of amides is 1. The van der Waals surface area contributed by atoms with Crippen molar-refractivity contribution in [1.29, 1.82) is 5.26 Å². The van der Waals surface area contributed by atoms with Crippen LogP contribution in [-0.4, -0.2) is 59.3 Å². The number of anilines is 2. The van der Waals surface area contributed by atoms with Gasteiger partial charge in [-0.2, -0.15) is 5.26 Å². The van der Waals surface area contributed by atoms with Crippen molar-refractivity contribution in [3.8, 4) is 23.2 Å². The Labute approximate surface area is 207 Å². The van der Waals surface area contributed by atoms with Crippen molar-refractivity contribution in [2.45, 2.75) is 6.42 Å². The molecule has 1 N–H and O–H groups in total. The fourth-order valence-electron chi connectivity index (χ4n) is 4.08. The quantitative estimate of drug-likeness (QED) is 0.442. The molecule has 1 aromatic carbocycles. The van der Waals surface area contributed by atoms with E-state index in [0.29, 0.717) is 60.3 Å². The van der Waals surface area contributed by atoms with Gasteiger partial charge in [0, 0.05) is 24.8 Å². The smallest absolute Gasteiger partial charge is 0.229 e. The van der Waals surface area contributed by atoms with Gasteiger partial charge < -0.3 is 19.7 Å². The van der Waals surface area contributed by atoms with E-state index in [4.69, 9.17) is 24.7 Å². The highest BCUT2D eigenvalue weighted by molar-refractivity contribution is 5.96. The van der Waals surface area contributed by atoms with E-state index in [1.165, 1.54) is 0 Å². The fourth-order valence-corrected chi connectivity index (χ4v) is 4.08. The SMILES string of the molecule is COc1cncc2nc(-c3ccnc(NC(=O)Cc4cccc(C#N)c4)c3)nc(N3CCOCC3)c12. The molecule has 1 fully saturated rings. The molecule has 36 heavy (non-hydrogen) atoms. The van der Waals surface area contributed by atoms with Gasteiger partial charge in [0.1, 0.15) is 17.4 Å². The van der Waals surface area contributed by atoms with E-state index in [1.807, 2.05) is 6.07 Å². The first-order chi connectivity index (χ1) is 17.6. The third kappa shape index (κ3) is 4.92. The van der Waals surface area contributed by atoms with Crippen LogP contribution in [0.4, 0.5) is 11.6 Å². The number of benzene rings is 1. The minimum absolute atomic E-state index is 0.126. The van der Waals surface area contributed by atoms with Gasteiger partial charge in [0.25, 0.3) is 0 Å². The molecule has 1 amide bonds. The first-order valence-electron chi connectivity index (χ1n) is 11.4. The molecule has 1 aliphatic heterocycles. The van der Waals surface area contributed by atoms with Crippen LogP contribution in [0.25, 0.3) is 22.3 Å². The van der Waals surface area contributed by atoms with Crippen molar-refractivity contribution < 1.29 is 14.3 Å². The number of carbonyl (C=O) groups is 1. The topological polar surface area (TPSA) is 126 Å². The number of nitrogens with zero attached hydrogens (tertiary/aromatic N) is 6. The van der Waals surface area contributed by atoms with Crippen molar-refractivity contribution in [1.82, 2.24) is 19.9 Å². The number of nitrogens with one attached hydrogen (secondary N) is 1. The molecular weight excluding hydrogens is 458 g/mol. The van der Waals surface area contributed by atoms with Crippen LogP contribution in [-0.2, 0) is 16.0 Å². The molecule has 1 aliphatic rings. The minimum Gasteiger partial charge on any atom is -0.494 e. The number of carbonyl (C=O) groups excluding carboxylic acids is 1. The summed E-state index contributed by atoms with van der Waals surface area (Å²) in [6, 6.07) is 12.6. The third-order valence-electron chi connectivity index (χ3n) is 5.79. The second-order valence-electron chi connectivity index (χ2n) is 8.17. The van der Waals surface area contributed by atoms with Gasteiger partial charge in [-0.1, -0.05) is 12.1 Å². The highest BCUT2D eigenvalue weighted by Gasteiger charge is 2.21. The summed E-state index contributed by atoms with van der Waals surface area (Å²) in [6.07, 6.45) is 5.07. The van der Waals surface area contributed by atoms with Crippen LogP contribution in [0.1, 0.15) is 11.1 Å². The maximum Gasteiger partial charge on any atom is 0.229 e. The van der Waals surface area contributed by atoms with E-state index in [2.05, 4.69) is 26.3 Å². The molecule has 3 aromatic heterocycles. The van der Waals surface area contributed by atoms with Gasteiger partial charge in [-0.15, -0.1) is 0 Å².